The molecule has 1 N–H and O–H groups in total. The molecule has 0 saturated carbocycles. The molecule has 0 radical (unpaired) electrons. The van der Waals surface area contributed by atoms with Gasteiger partial charge in [0.2, 0.25) is 0 Å². The van der Waals surface area contributed by atoms with Gasteiger partial charge in [-0.25, -0.2) is 14.8 Å². The van der Waals surface area contributed by atoms with Gasteiger partial charge >= 0.3 is 5.97 Å². The van der Waals surface area contributed by atoms with Gasteiger partial charge in [0.25, 0.3) is 0 Å². The summed E-state index contributed by atoms with van der Waals surface area (Å²) in [7, 11) is 0. The molecule has 1 aliphatic heterocycles. The smallest absolute Gasteiger partial charge is 0.338 e. The van der Waals surface area contributed by atoms with Crippen LogP contribution in [-0.2, 0) is 10.3 Å². The van der Waals surface area contributed by atoms with Crippen LogP contribution in [0.1, 0.15) is 32.9 Å². The van der Waals surface area contributed by atoms with E-state index in [1.54, 1.807) is 6.07 Å². The van der Waals surface area contributed by atoms with Gasteiger partial charge in [0.1, 0.15) is 16.9 Å². The van der Waals surface area contributed by atoms with E-state index in [2.05, 4.69) is 94.5 Å². The first kappa shape index (κ1) is 32.3. The molecule has 5 aromatic carbocycles. The lowest BCUT2D eigenvalue weighted by Crippen LogP contribution is -2.38. The predicted molar refractivity (Wildman–Crippen MR) is 207 cm³/mol. The number of aryl methyl sites for hydroxylation is 1. The fraction of sp³-hybridized carbons (Fsp3) is 0.136. The summed E-state index contributed by atoms with van der Waals surface area (Å²) in [6.07, 6.45) is 3.95. The zero-order chi connectivity index (χ0) is 35.9. The second kappa shape index (κ2) is 13.2. The maximum absolute atomic E-state index is 12.6. The van der Waals surface area contributed by atoms with E-state index in [0.29, 0.717) is 37.6 Å². The van der Waals surface area contributed by atoms with Gasteiger partial charge in [0.05, 0.1) is 47.4 Å². The highest BCUT2D eigenvalue weighted by atomic mass is 16.5. The van der Waals surface area contributed by atoms with Crippen molar-refractivity contribution in [1.82, 2.24) is 24.3 Å². The maximum Gasteiger partial charge on any atom is 0.338 e. The number of aromatic carboxylic acids is 1. The monoisotopic (exact) mass is 696 g/mol. The topological polar surface area (TPSA) is 98.3 Å². The van der Waals surface area contributed by atoms with Crippen LogP contribution < -0.4 is 4.90 Å². The predicted octanol–water partition coefficient (Wildman–Crippen LogP) is 8.12. The molecule has 3 aromatic heterocycles. The molecule has 9 nitrogen and oxygen atoms in total. The molecule has 0 aliphatic carbocycles. The van der Waals surface area contributed by atoms with E-state index in [-0.39, 0.29) is 5.56 Å². The Balaban J connectivity index is 1.26. The molecule has 53 heavy (non-hydrogen) atoms. The molecule has 0 spiro atoms. The summed E-state index contributed by atoms with van der Waals surface area (Å²) < 4.78 is 9.70. The summed E-state index contributed by atoms with van der Waals surface area (Å²) in [5.41, 5.74) is 7.85. The molecule has 4 heterocycles. The number of benzene rings is 5. The van der Waals surface area contributed by atoms with Crippen molar-refractivity contribution in [2.45, 2.75) is 12.5 Å². The SMILES string of the molecule is Cc1nc2c(C(=O)O)cc(N3CCOCC3)cc2n1-c1cc(-c2cnn(C(c3ccccc3)(c3ccccc3)c3ccccc3)c2)nc2ccccc12. The van der Waals surface area contributed by atoms with Crippen LogP contribution in [0.4, 0.5) is 5.69 Å². The Morgan fingerprint density at radius 3 is 1.98 bits per heavy atom. The Hall–Kier alpha value is -6.58. The molecule has 8 aromatic rings. The minimum atomic E-state index is -1.01. The minimum absolute atomic E-state index is 0.171. The number of carbonyl (C=O) groups is 1. The van der Waals surface area contributed by atoms with Gasteiger partial charge < -0.3 is 14.7 Å². The first-order valence-electron chi connectivity index (χ1n) is 17.7. The number of carboxylic acid groups (broad SMARTS) is 1. The van der Waals surface area contributed by atoms with Gasteiger partial charge in [-0.15, -0.1) is 0 Å². The van der Waals surface area contributed by atoms with Crippen LogP contribution >= 0.6 is 0 Å². The number of pyridine rings is 1. The zero-order valence-electron chi connectivity index (χ0n) is 29.1. The first-order valence-corrected chi connectivity index (χ1v) is 17.7. The Bertz CT molecular complexity index is 2500. The highest BCUT2D eigenvalue weighted by molar-refractivity contribution is 6.04. The highest BCUT2D eigenvalue weighted by Crippen LogP contribution is 2.41. The number of fused-ring (bicyclic) bond motifs is 2. The third-order valence-electron chi connectivity index (χ3n) is 10.3. The lowest BCUT2D eigenvalue weighted by molar-refractivity contribution is 0.0699. The molecule has 0 bridgehead atoms. The second-order valence-electron chi connectivity index (χ2n) is 13.3. The molecular weight excluding hydrogens is 661 g/mol. The van der Waals surface area contributed by atoms with Crippen molar-refractivity contribution in [2.24, 2.45) is 0 Å². The number of imidazole rings is 1. The van der Waals surface area contributed by atoms with E-state index < -0.39 is 11.5 Å². The van der Waals surface area contributed by atoms with Crippen molar-refractivity contribution < 1.29 is 14.6 Å². The molecule has 0 unspecified atom stereocenters. The second-order valence-corrected chi connectivity index (χ2v) is 13.3. The summed E-state index contributed by atoms with van der Waals surface area (Å²) in [4.78, 5) is 24.8. The van der Waals surface area contributed by atoms with Crippen molar-refractivity contribution in [3.05, 3.63) is 174 Å². The molecule has 1 fully saturated rings. The average Bonchev–Trinajstić information content (AvgIpc) is 3.84. The van der Waals surface area contributed by atoms with Crippen LogP contribution in [0.15, 0.2) is 146 Å². The van der Waals surface area contributed by atoms with E-state index in [1.165, 1.54) is 0 Å². The van der Waals surface area contributed by atoms with Gasteiger partial charge in [-0.2, -0.15) is 5.10 Å². The van der Waals surface area contributed by atoms with Gasteiger partial charge in [-0.3, -0.25) is 9.25 Å². The number of rotatable bonds is 8. The number of hydrogen-bond acceptors (Lipinski definition) is 6. The fourth-order valence-corrected chi connectivity index (χ4v) is 7.81. The Labute approximate surface area is 306 Å². The van der Waals surface area contributed by atoms with E-state index in [1.807, 2.05) is 66.3 Å². The Morgan fingerprint density at radius 1 is 0.755 bits per heavy atom. The molecule has 9 rings (SSSR count). The normalized spacial score (nSPS) is 13.5. The van der Waals surface area contributed by atoms with E-state index in [0.717, 1.165) is 55.7 Å². The fourth-order valence-electron chi connectivity index (χ4n) is 7.81. The molecule has 260 valence electrons. The number of para-hydroxylation sites is 1. The van der Waals surface area contributed by atoms with Crippen LogP contribution in [0.2, 0.25) is 0 Å². The molecule has 9 heteroatoms. The molecular formula is C44H36N6O3. The zero-order valence-corrected chi connectivity index (χ0v) is 29.1. The lowest BCUT2D eigenvalue weighted by atomic mass is 9.77. The number of anilines is 1. The van der Waals surface area contributed by atoms with Gasteiger partial charge in [-0.05, 0) is 47.9 Å². The largest absolute Gasteiger partial charge is 0.478 e. The van der Waals surface area contributed by atoms with Crippen LogP contribution in [0.25, 0.3) is 38.9 Å². The Kier molecular flexibility index (Phi) is 8.05. The van der Waals surface area contributed by atoms with Crippen molar-refractivity contribution in [3.63, 3.8) is 0 Å². The van der Waals surface area contributed by atoms with Crippen molar-refractivity contribution in [3.8, 4) is 16.9 Å². The van der Waals surface area contributed by atoms with E-state index in [9.17, 15) is 9.90 Å². The van der Waals surface area contributed by atoms with E-state index >= 15 is 0 Å². The molecule has 0 atom stereocenters. The number of hydrogen-bond donors (Lipinski definition) is 1. The summed E-state index contributed by atoms with van der Waals surface area (Å²) in [5.74, 6) is -0.336. The van der Waals surface area contributed by atoms with Crippen molar-refractivity contribution in [2.75, 3.05) is 31.2 Å². The number of carboxylic acids is 1. The highest BCUT2D eigenvalue weighted by Gasteiger charge is 2.39. The van der Waals surface area contributed by atoms with Gasteiger partial charge in [0, 0.05) is 35.9 Å². The number of morpholine rings is 1. The third-order valence-corrected chi connectivity index (χ3v) is 10.3. The summed E-state index contributed by atoms with van der Waals surface area (Å²) >= 11 is 0. The average molecular weight is 697 g/mol. The van der Waals surface area contributed by atoms with Crippen LogP contribution in [-0.4, -0.2) is 61.7 Å². The van der Waals surface area contributed by atoms with Crippen LogP contribution in [0.3, 0.4) is 0 Å². The standard InChI is InChI=1S/C44H36N6O3/c1-30-46-42-37(43(51)52)25-35(48-21-23-53-24-22-48)26-41(42)50(30)40-27-39(47-38-20-12-11-19-36(38)40)31-28-45-49(29-31)44(32-13-5-2-6-14-32,33-15-7-3-8-16-33)34-17-9-4-10-18-34/h2-20,25-29H,21-24H2,1H3,(H,51,52). The third kappa shape index (κ3) is 5.44. The van der Waals surface area contributed by atoms with E-state index in [4.69, 9.17) is 19.8 Å². The summed E-state index contributed by atoms with van der Waals surface area (Å²) in [5, 5.41) is 16.4. The summed E-state index contributed by atoms with van der Waals surface area (Å²) in [6, 6.07) is 45.3. The number of aromatic nitrogens is 5. The molecule has 0 amide bonds. The van der Waals surface area contributed by atoms with Gasteiger partial charge in [0.15, 0.2) is 0 Å². The lowest BCUT2D eigenvalue weighted by Gasteiger charge is -2.36. The number of ether oxygens (including phenoxy) is 1. The van der Waals surface area contributed by atoms with Crippen LogP contribution in [0, 0.1) is 6.92 Å². The molecule has 1 saturated heterocycles. The van der Waals surface area contributed by atoms with Crippen LogP contribution in [0.5, 0.6) is 0 Å². The minimum Gasteiger partial charge on any atom is -0.478 e. The summed E-state index contributed by atoms with van der Waals surface area (Å²) in [6.45, 7) is 4.46. The maximum atomic E-state index is 12.6. The van der Waals surface area contributed by atoms with Crippen molar-refractivity contribution >= 4 is 33.6 Å². The van der Waals surface area contributed by atoms with Gasteiger partial charge in [-0.1, -0.05) is 109 Å². The van der Waals surface area contributed by atoms with Crippen molar-refractivity contribution in [1.29, 1.82) is 0 Å². The number of nitrogens with zero attached hydrogens (tertiary/aromatic N) is 6. The molecule has 1 aliphatic rings. The quantitative estimate of drug-likeness (QED) is 0.160. The first-order chi connectivity index (χ1) is 26.0. The Morgan fingerprint density at radius 2 is 1.36 bits per heavy atom.